The van der Waals surface area contributed by atoms with Gasteiger partial charge in [-0.05, 0) is 12.8 Å². The van der Waals surface area contributed by atoms with Crippen molar-refractivity contribution in [3.63, 3.8) is 0 Å². The van der Waals surface area contributed by atoms with Crippen molar-refractivity contribution in [1.29, 1.82) is 0 Å². The normalized spacial score (nSPS) is 22.1. The van der Waals surface area contributed by atoms with E-state index in [1.165, 1.54) is 4.90 Å². The first-order chi connectivity index (χ1) is 6.70. The lowest BCUT2D eigenvalue weighted by atomic mass is 10.4. The maximum atomic E-state index is 11.7. The standard InChI is InChI=1S/C9H16N2O2S/c1-3-14-7-6-8(12)11(9(7)13)5-4-10-2/h7,10H,3-6H2,1-2H3. The van der Waals surface area contributed by atoms with Crippen LogP contribution in [0, 0.1) is 0 Å². The largest absolute Gasteiger partial charge is 0.318 e. The molecule has 1 unspecified atom stereocenters. The van der Waals surface area contributed by atoms with Gasteiger partial charge in [0.15, 0.2) is 0 Å². The molecule has 1 fully saturated rings. The van der Waals surface area contributed by atoms with Crippen LogP contribution in [0.2, 0.25) is 0 Å². The minimum absolute atomic E-state index is 0.0166. The SMILES string of the molecule is CCSC1CC(=O)N(CCNC)C1=O. The Hall–Kier alpha value is -0.550. The van der Waals surface area contributed by atoms with Crippen LogP contribution in [0.15, 0.2) is 0 Å². The van der Waals surface area contributed by atoms with E-state index < -0.39 is 0 Å². The number of carbonyl (C=O) groups is 2. The van der Waals surface area contributed by atoms with Crippen LogP contribution in [-0.4, -0.2) is 47.9 Å². The van der Waals surface area contributed by atoms with Crippen LogP contribution in [0.4, 0.5) is 0 Å². The first-order valence-electron chi connectivity index (χ1n) is 4.81. The maximum absolute atomic E-state index is 11.7. The van der Waals surface area contributed by atoms with E-state index in [1.54, 1.807) is 11.8 Å². The molecule has 2 amide bonds. The van der Waals surface area contributed by atoms with Gasteiger partial charge in [-0.1, -0.05) is 6.92 Å². The molecule has 0 aromatic carbocycles. The third-order valence-corrected chi connectivity index (χ3v) is 3.26. The minimum atomic E-state index is -0.135. The quantitative estimate of drug-likeness (QED) is 0.662. The fourth-order valence-corrected chi connectivity index (χ4v) is 2.38. The Kier molecular flexibility index (Phi) is 4.41. The van der Waals surface area contributed by atoms with Crippen LogP contribution in [0.5, 0.6) is 0 Å². The van der Waals surface area contributed by atoms with Crippen LogP contribution >= 0.6 is 11.8 Å². The number of amides is 2. The molecule has 1 rings (SSSR count). The van der Waals surface area contributed by atoms with Gasteiger partial charge in [0, 0.05) is 19.5 Å². The molecule has 5 heteroatoms. The first-order valence-corrected chi connectivity index (χ1v) is 5.86. The van der Waals surface area contributed by atoms with Gasteiger partial charge < -0.3 is 5.32 Å². The molecule has 0 radical (unpaired) electrons. The van der Waals surface area contributed by atoms with Gasteiger partial charge in [0.2, 0.25) is 11.8 Å². The zero-order valence-corrected chi connectivity index (χ0v) is 9.39. The Morgan fingerprint density at radius 3 is 2.86 bits per heavy atom. The van der Waals surface area contributed by atoms with Gasteiger partial charge in [0.1, 0.15) is 0 Å². The van der Waals surface area contributed by atoms with Crippen molar-refractivity contribution in [3.05, 3.63) is 0 Å². The molecule has 14 heavy (non-hydrogen) atoms. The van der Waals surface area contributed by atoms with Crippen molar-refractivity contribution < 1.29 is 9.59 Å². The number of hydrogen-bond acceptors (Lipinski definition) is 4. The zero-order chi connectivity index (χ0) is 10.6. The lowest BCUT2D eigenvalue weighted by Gasteiger charge is -2.13. The summed E-state index contributed by atoms with van der Waals surface area (Å²) in [5, 5.41) is 2.79. The second-order valence-electron chi connectivity index (χ2n) is 3.14. The Balaban J connectivity index is 2.52. The lowest BCUT2D eigenvalue weighted by Crippen LogP contribution is -2.36. The van der Waals surface area contributed by atoms with Crippen LogP contribution < -0.4 is 5.32 Å². The molecule has 0 bridgehead atoms. The smallest absolute Gasteiger partial charge is 0.242 e. The number of nitrogens with one attached hydrogen (secondary N) is 1. The average molecular weight is 216 g/mol. The monoisotopic (exact) mass is 216 g/mol. The maximum Gasteiger partial charge on any atom is 0.242 e. The third-order valence-electron chi connectivity index (χ3n) is 2.16. The highest BCUT2D eigenvalue weighted by molar-refractivity contribution is 8.00. The number of likely N-dealkylation sites (tertiary alicyclic amines) is 1. The summed E-state index contributed by atoms with van der Waals surface area (Å²) < 4.78 is 0. The molecule has 0 spiro atoms. The molecule has 0 aromatic heterocycles. The first kappa shape index (κ1) is 11.5. The van der Waals surface area contributed by atoms with E-state index in [9.17, 15) is 9.59 Å². The summed E-state index contributed by atoms with van der Waals surface area (Å²) in [6.45, 7) is 3.16. The summed E-state index contributed by atoms with van der Waals surface area (Å²) in [4.78, 5) is 24.5. The highest BCUT2D eigenvalue weighted by atomic mass is 32.2. The number of thioether (sulfide) groups is 1. The number of carbonyl (C=O) groups excluding carboxylic acids is 2. The molecule has 4 nitrogen and oxygen atoms in total. The fourth-order valence-electron chi connectivity index (χ4n) is 1.44. The summed E-state index contributed by atoms with van der Waals surface area (Å²) in [7, 11) is 1.81. The van der Waals surface area contributed by atoms with Crippen LogP contribution in [-0.2, 0) is 9.59 Å². The molecule has 1 aliphatic rings. The highest BCUT2D eigenvalue weighted by Gasteiger charge is 2.37. The van der Waals surface area contributed by atoms with Gasteiger partial charge in [-0.3, -0.25) is 14.5 Å². The minimum Gasteiger partial charge on any atom is -0.318 e. The van der Waals surface area contributed by atoms with Crippen molar-refractivity contribution in [2.45, 2.75) is 18.6 Å². The molecule has 1 saturated heterocycles. The third kappa shape index (κ3) is 2.48. The van der Waals surface area contributed by atoms with E-state index in [0.717, 1.165) is 5.75 Å². The van der Waals surface area contributed by atoms with Crippen LogP contribution in [0.25, 0.3) is 0 Å². The molecular formula is C9H16N2O2S. The van der Waals surface area contributed by atoms with E-state index in [0.29, 0.717) is 19.5 Å². The van der Waals surface area contributed by atoms with E-state index in [-0.39, 0.29) is 17.1 Å². The van der Waals surface area contributed by atoms with Crippen molar-refractivity contribution in [2.75, 3.05) is 25.9 Å². The van der Waals surface area contributed by atoms with Gasteiger partial charge >= 0.3 is 0 Å². The number of imide groups is 1. The predicted molar refractivity (Wildman–Crippen MR) is 57.2 cm³/mol. The van der Waals surface area contributed by atoms with Crippen molar-refractivity contribution >= 4 is 23.6 Å². The van der Waals surface area contributed by atoms with Gasteiger partial charge in [0.05, 0.1) is 5.25 Å². The topological polar surface area (TPSA) is 49.4 Å². The van der Waals surface area contributed by atoms with Gasteiger partial charge in [-0.15, -0.1) is 11.8 Å². The van der Waals surface area contributed by atoms with Crippen molar-refractivity contribution in [2.24, 2.45) is 0 Å². The van der Waals surface area contributed by atoms with E-state index in [1.807, 2.05) is 14.0 Å². The lowest BCUT2D eigenvalue weighted by molar-refractivity contribution is -0.138. The fraction of sp³-hybridized carbons (Fsp3) is 0.778. The van der Waals surface area contributed by atoms with E-state index in [2.05, 4.69) is 5.32 Å². The summed E-state index contributed by atoms with van der Waals surface area (Å²) in [6.07, 6.45) is 0.376. The Morgan fingerprint density at radius 2 is 2.29 bits per heavy atom. The molecule has 0 aromatic rings. The number of rotatable bonds is 5. The van der Waals surface area contributed by atoms with Gasteiger partial charge in [-0.2, -0.15) is 0 Å². The zero-order valence-electron chi connectivity index (χ0n) is 8.58. The van der Waals surface area contributed by atoms with Crippen LogP contribution in [0.1, 0.15) is 13.3 Å². The number of likely N-dealkylation sites (N-methyl/N-ethyl adjacent to an activating group) is 1. The van der Waals surface area contributed by atoms with E-state index >= 15 is 0 Å². The molecular weight excluding hydrogens is 200 g/mol. The van der Waals surface area contributed by atoms with Crippen molar-refractivity contribution in [3.8, 4) is 0 Å². The predicted octanol–water partition coefficient (Wildman–Crippen LogP) is 0.0864. The Bertz CT molecular complexity index is 233. The van der Waals surface area contributed by atoms with Crippen molar-refractivity contribution in [1.82, 2.24) is 10.2 Å². The molecule has 0 saturated carbocycles. The summed E-state index contributed by atoms with van der Waals surface area (Å²) >= 11 is 1.56. The molecule has 1 aliphatic heterocycles. The average Bonchev–Trinajstić information content (AvgIpc) is 2.41. The molecule has 1 heterocycles. The molecule has 0 aliphatic carbocycles. The highest BCUT2D eigenvalue weighted by Crippen LogP contribution is 2.24. The molecule has 80 valence electrons. The summed E-state index contributed by atoms with van der Waals surface area (Å²) in [5.74, 6) is 0.831. The summed E-state index contributed by atoms with van der Waals surface area (Å²) in [6, 6.07) is 0. The number of hydrogen-bond donors (Lipinski definition) is 1. The second-order valence-corrected chi connectivity index (χ2v) is 4.61. The summed E-state index contributed by atoms with van der Waals surface area (Å²) in [5.41, 5.74) is 0. The van der Waals surface area contributed by atoms with E-state index in [4.69, 9.17) is 0 Å². The molecule has 1 atom stereocenters. The molecule has 1 N–H and O–H groups in total. The van der Waals surface area contributed by atoms with Gasteiger partial charge in [0.25, 0.3) is 0 Å². The Morgan fingerprint density at radius 1 is 1.57 bits per heavy atom. The second kappa shape index (κ2) is 5.36. The van der Waals surface area contributed by atoms with Gasteiger partial charge in [-0.25, -0.2) is 0 Å². The number of nitrogens with zero attached hydrogens (tertiary/aromatic N) is 1. The van der Waals surface area contributed by atoms with Crippen LogP contribution in [0.3, 0.4) is 0 Å². The Labute approximate surface area is 88.4 Å².